The average molecular weight is 321 g/mol. The summed E-state index contributed by atoms with van der Waals surface area (Å²) in [4.78, 5) is 9.56. The predicted molar refractivity (Wildman–Crippen MR) is 73.0 cm³/mol. The molecule has 0 heterocycles. The summed E-state index contributed by atoms with van der Waals surface area (Å²) in [6.45, 7) is -0.481. The number of nitrogens with two attached hydrogens (primary N) is 2. The van der Waals surface area contributed by atoms with Gasteiger partial charge in [-0.3, -0.25) is 0 Å². The van der Waals surface area contributed by atoms with E-state index in [2.05, 4.69) is 21.7 Å². The lowest BCUT2D eigenvalue weighted by atomic mass is 10.2. The second-order valence-corrected chi connectivity index (χ2v) is 5.72. The number of hydrogen-bond acceptors (Lipinski definition) is 5. The molecule has 0 aliphatic rings. The molecule has 1 rings (SSSR count). The van der Waals surface area contributed by atoms with Crippen molar-refractivity contribution in [3.63, 3.8) is 0 Å². The van der Waals surface area contributed by atoms with E-state index >= 15 is 0 Å². The third-order valence-corrected chi connectivity index (χ3v) is 3.86. The van der Waals surface area contributed by atoms with Gasteiger partial charge in [0.05, 0.1) is 10.5 Å². The predicted octanol–water partition coefficient (Wildman–Crippen LogP) is -0.166. The zero-order valence-corrected chi connectivity index (χ0v) is 11.8. The average Bonchev–Trinajstić information content (AvgIpc) is 2.33. The van der Waals surface area contributed by atoms with Gasteiger partial charge in [0.1, 0.15) is 17.4 Å². The third-order valence-electron chi connectivity index (χ3n) is 2.15. The fourth-order valence-corrected chi connectivity index (χ4v) is 2.89. The fraction of sp³-hybridized carbons (Fsp3) is 0.200. The zero-order chi connectivity index (χ0) is 15.3. The number of nitrogens with one attached hydrogen (secondary N) is 1. The highest BCUT2D eigenvalue weighted by atomic mass is 32.2. The molecule has 110 valence electrons. The van der Waals surface area contributed by atoms with Crippen LogP contribution in [-0.2, 0) is 14.8 Å². The molecular formula is C10H12FN3O4S2. The van der Waals surface area contributed by atoms with Crippen LogP contribution < -0.4 is 16.2 Å². The van der Waals surface area contributed by atoms with Crippen LogP contribution in [0.5, 0.6) is 0 Å². The Morgan fingerprint density at radius 2 is 2.05 bits per heavy atom. The summed E-state index contributed by atoms with van der Waals surface area (Å²) >= 11 is 4.64. The second-order valence-electron chi connectivity index (χ2n) is 3.54. The van der Waals surface area contributed by atoms with E-state index in [0.717, 1.165) is 12.1 Å². The zero-order valence-electron chi connectivity index (χ0n) is 10.1. The lowest BCUT2D eigenvalue weighted by molar-refractivity contribution is 0.159. The molecule has 0 aromatic heterocycles. The summed E-state index contributed by atoms with van der Waals surface area (Å²) in [6.07, 6.45) is -1.03. The largest absolute Gasteiger partial charge is 0.448 e. The molecule has 7 nitrogen and oxygen atoms in total. The van der Waals surface area contributed by atoms with Crippen LogP contribution in [0.15, 0.2) is 23.1 Å². The maximum Gasteiger partial charge on any atom is 0.404 e. The first-order valence-electron chi connectivity index (χ1n) is 5.26. The number of thiocarbonyl (C=S) groups is 1. The topological polar surface area (TPSA) is 125 Å². The highest BCUT2D eigenvalue weighted by Gasteiger charge is 2.22. The molecule has 0 saturated carbocycles. The lowest BCUT2D eigenvalue weighted by Crippen LogP contribution is -2.31. The number of carbonyl (C=O) groups is 1. The van der Waals surface area contributed by atoms with E-state index in [0.29, 0.717) is 0 Å². The molecule has 1 aromatic carbocycles. The minimum Gasteiger partial charge on any atom is -0.448 e. The number of halogens is 1. The number of hydrogen-bond donors (Lipinski definition) is 3. The number of ether oxygens (including phenoxy) is 1. The van der Waals surface area contributed by atoms with Crippen molar-refractivity contribution in [3.8, 4) is 0 Å². The van der Waals surface area contributed by atoms with E-state index in [1.807, 2.05) is 0 Å². The number of carbonyl (C=O) groups excluding carboxylic acids is 1. The van der Waals surface area contributed by atoms with E-state index in [1.165, 1.54) is 6.07 Å². The Kier molecular flexibility index (Phi) is 5.36. The molecule has 10 heteroatoms. The van der Waals surface area contributed by atoms with Crippen LogP contribution in [0.3, 0.4) is 0 Å². The van der Waals surface area contributed by atoms with Crippen molar-refractivity contribution >= 4 is 33.3 Å². The van der Waals surface area contributed by atoms with Crippen molar-refractivity contribution in [2.24, 2.45) is 11.5 Å². The molecule has 20 heavy (non-hydrogen) atoms. The summed E-state index contributed by atoms with van der Waals surface area (Å²) in [6, 6.07) is 3.42. The smallest absolute Gasteiger partial charge is 0.404 e. The third kappa shape index (κ3) is 4.11. The molecule has 0 radical (unpaired) electrons. The minimum atomic E-state index is -4.05. The van der Waals surface area contributed by atoms with Crippen LogP contribution in [-0.4, -0.2) is 32.7 Å². The van der Waals surface area contributed by atoms with Gasteiger partial charge in [0.2, 0.25) is 10.0 Å². The Labute approximate surface area is 120 Å². The highest BCUT2D eigenvalue weighted by Crippen LogP contribution is 2.18. The van der Waals surface area contributed by atoms with E-state index in [1.54, 1.807) is 0 Å². The Morgan fingerprint density at radius 3 is 2.60 bits per heavy atom. The first-order chi connectivity index (χ1) is 9.25. The van der Waals surface area contributed by atoms with Crippen molar-refractivity contribution in [2.45, 2.75) is 4.90 Å². The van der Waals surface area contributed by atoms with Gasteiger partial charge >= 0.3 is 6.09 Å². The van der Waals surface area contributed by atoms with Gasteiger partial charge in [-0.05, 0) is 12.1 Å². The Morgan fingerprint density at radius 1 is 1.40 bits per heavy atom. The van der Waals surface area contributed by atoms with Crippen molar-refractivity contribution in [1.29, 1.82) is 0 Å². The molecule has 5 N–H and O–H groups in total. The molecule has 0 aliphatic heterocycles. The summed E-state index contributed by atoms with van der Waals surface area (Å²) in [5, 5.41) is 0. The quantitative estimate of drug-likeness (QED) is 0.494. The number of sulfonamides is 1. The van der Waals surface area contributed by atoms with Gasteiger partial charge in [0.15, 0.2) is 0 Å². The van der Waals surface area contributed by atoms with Crippen LogP contribution in [0.2, 0.25) is 0 Å². The summed E-state index contributed by atoms with van der Waals surface area (Å²) in [5.74, 6) is -0.839. The SMILES string of the molecule is NC(=O)OCCNS(=O)(=O)c1cccc(F)c1C(N)=S. The van der Waals surface area contributed by atoms with Crippen molar-refractivity contribution < 1.29 is 22.3 Å². The van der Waals surface area contributed by atoms with Crippen LogP contribution in [0.1, 0.15) is 5.56 Å². The normalized spacial score (nSPS) is 11.1. The lowest BCUT2D eigenvalue weighted by Gasteiger charge is -2.11. The van der Waals surface area contributed by atoms with E-state index in [9.17, 15) is 17.6 Å². The van der Waals surface area contributed by atoms with Crippen molar-refractivity contribution in [2.75, 3.05) is 13.2 Å². The second kappa shape index (κ2) is 6.59. The van der Waals surface area contributed by atoms with Gasteiger partial charge in [-0.1, -0.05) is 18.3 Å². The maximum atomic E-state index is 13.6. The maximum absolute atomic E-state index is 13.6. The van der Waals surface area contributed by atoms with E-state index < -0.39 is 21.9 Å². The van der Waals surface area contributed by atoms with Gasteiger partial charge in [0.25, 0.3) is 0 Å². The molecule has 0 fully saturated rings. The fourth-order valence-electron chi connectivity index (χ4n) is 1.37. The van der Waals surface area contributed by atoms with Gasteiger partial charge < -0.3 is 16.2 Å². The Balaban J connectivity index is 2.96. The van der Waals surface area contributed by atoms with E-state index in [4.69, 9.17) is 11.5 Å². The van der Waals surface area contributed by atoms with Crippen LogP contribution in [0.4, 0.5) is 9.18 Å². The monoisotopic (exact) mass is 321 g/mol. The molecule has 1 aromatic rings. The van der Waals surface area contributed by atoms with Gasteiger partial charge in [-0.15, -0.1) is 0 Å². The first-order valence-corrected chi connectivity index (χ1v) is 7.15. The molecule has 1 amide bonds. The molecule has 0 bridgehead atoms. The van der Waals surface area contributed by atoms with Crippen molar-refractivity contribution in [1.82, 2.24) is 4.72 Å². The van der Waals surface area contributed by atoms with Crippen LogP contribution >= 0.6 is 12.2 Å². The minimum absolute atomic E-state index is 0.224. The molecule has 0 spiro atoms. The van der Waals surface area contributed by atoms with Gasteiger partial charge in [0, 0.05) is 6.54 Å². The van der Waals surface area contributed by atoms with Crippen LogP contribution in [0, 0.1) is 5.82 Å². The number of amides is 1. The number of rotatable bonds is 6. The Hall–Kier alpha value is -1.78. The molecule has 0 unspecified atom stereocenters. The molecular weight excluding hydrogens is 309 g/mol. The molecule has 0 atom stereocenters. The van der Waals surface area contributed by atoms with Crippen molar-refractivity contribution in [3.05, 3.63) is 29.6 Å². The van der Waals surface area contributed by atoms with Crippen LogP contribution in [0.25, 0.3) is 0 Å². The summed E-state index contributed by atoms with van der Waals surface area (Å²) in [7, 11) is -4.05. The summed E-state index contributed by atoms with van der Waals surface area (Å²) < 4.78 is 44.0. The summed E-state index contributed by atoms with van der Waals surface area (Å²) in [5.41, 5.74) is 9.67. The molecule has 0 saturated heterocycles. The van der Waals surface area contributed by atoms with Gasteiger partial charge in [-0.25, -0.2) is 22.3 Å². The standard InChI is InChI=1S/C10H12FN3O4S2/c11-6-2-1-3-7(8(6)9(12)19)20(16,17)14-4-5-18-10(13)15/h1-3,14H,4-5H2,(H2,12,19)(H2,13,15). The van der Waals surface area contributed by atoms with Gasteiger partial charge in [-0.2, -0.15) is 0 Å². The molecule has 0 aliphatic carbocycles. The number of benzene rings is 1. The highest BCUT2D eigenvalue weighted by molar-refractivity contribution is 7.89. The van der Waals surface area contributed by atoms with E-state index in [-0.39, 0.29) is 28.6 Å². The Bertz CT molecular complexity index is 633. The number of primary amides is 1. The first kappa shape index (κ1) is 16.3.